The lowest BCUT2D eigenvalue weighted by molar-refractivity contribution is 0.0993. The number of hydrogen-bond acceptors (Lipinski definition) is 5. The molecule has 1 aromatic carbocycles. The van der Waals surface area contributed by atoms with E-state index in [0.29, 0.717) is 11.4 Å². The number of halogens is 1. The number of amides is 1. The molecule has 3 aromatic rings. The summed E-state index contributed by atoms with van der Waals surface area (Å²) in [4.78, 5) is 14.7. The van der Waals surface area contributed by atoms with Crippen LogP contribution in [0.15, 0.2) is 57.7 Å². The minimum absolute atomic E-state index is 0.248. The van der Waals surface area contributed by atoms with E-state index in [-0.39, 0.29) is 12.6 Å². The Morgan fingerprint density at radius 3 is 2.75 bits per heavy atom. The summed E-state index contributed by atoms with van der Waals surface area (Å²) in [5.74, 6) is 1.56. The Hall–Kier alpha value is -2.58. The minimum Gasteiger partial charge on any atom is -0.471 e. The lowest BCUT2D eigenvalue weighted by Gasteiger charge is -2.11. The molecule has 1 N–H and O–H groups in total. The zero-order valence-electron chi connectivity index (χ0n) is 15.3. The number of furan rings is 1. The van der Waals surface area contributed by atoms with Crippen LogP contribution < -0.4 is 10.1 Å². The molecule has 0 atom stereocenters. The Kier molecular flexibility index (Phi) is 5.78. The Morgan fingerprint density at radius 1 is 1.18 bits per heavy atom. The van der Waals surface area contributed by atoms with Crippen molar-refractivity contribution >= 4 is 27.5 Å². The molecular weight excluding hydrogens is 424 g/mol. The van der Waals surface area contributed by atoms with Crippen LogP contribution in [-0.4, -0.2) is 33.7 Å². The fraction of sp³-hybridized carbons (Fsp3) is 0.300. The number of benzene rings is 1. The van der Waals surface area contributed by atoms with E-state index in [2.05, 4.69) is 31.2 Å². The average Bonchev–Trinajstić information content (AvgIpc) is 3.44. The third-order valence-electron chi connectivity index (χ3n) is 4.53. The smallest absolute Gasteiger partial charge is 0.291 e. The van der Waals surface area contributed by atoms with E-state index in [1.165, 1.54) is 12.8 Å². The summed E-state index contributed by atoms with van der Waals surface area (Å²) in [6, 6.07) is 11.1. The van der Waals surface area contributed by atoms with Gasteiger partial charge < -0.3 is 14.5 Å². The average molecular weight is 445 g/mol. The number of nitrogens with one attached hydrogen (secondary N) is 1. The predicted octanol–water partition coefficient (Wildman–Crippen LogP) is 4.12. The Morgan fingerprint density at radius 2 is 1.96 bits per heavy atom. The van der Waals surface area contributed by atoms with Crippen molar-refractivity contribution in [2.45, 2.75) is 26.1 Å². The summed E-state index contributed by atoms with van der Waals surface area (Å²) in [6.07, 6.45) is 5.74. The fourth-order valence-electron chi connectivity index (χ4n) is 3.11. The normalized spacial score (nSPS) is 14.3. The van der Waals surface area contributed by atoms with Crippen molar-refractivity contribution in [2.75, 3.05) is 18.4 Å². The third-order valence-corrected chi connectivity index (χ3v) is 5.06. The number of rotatable bonds is 7. The van der Waals surface area contributed by atoms with E-state index in [4.69, 9.17) is 9.15 Å². The molecule has 146 valence electrons. The van der Waals surface area contributed by atoms with Crippen LogP contribution >= 0.6 is 15.9 Å². The summed E-state index contributed by atoms with van der Waals surface area (Å²) in [7, 11) is 0. The first-order valence-corrected chi connectivity index (χ1v) is 9.98. The van der Waals surface area contributed by atoms with Crippen LogP contribution in [-0.2, 0) is 13.3 Å². The molecule has 1 saturated heterocycles. The van der Waals surface area contributed by atoms with E-state index < -0.39 is 0 Å². The largest absolute Gasteiger partial charge is 0.471 e. The van der Waals surface area contributed by atoms with Crippen molar-refractivity contribution in [3.63, 3.8) is 0 Å². The van der Waals surface area contributed by atoms with Gasteiger partial charge in [0.05, 0.1) is 24.6 Å². The van der Waals surface area contributed by atoms with Gasteiger partial charge in [0, 0.05) is 4.47 Å². The summed E-state index contributed by atoms with van der Waals surface area (Å²) < 4.78 is 14.0. The third kappa shape index (κ3) is 4.82. The van der Waals surface area contributed by atoms with Gasteiger partial charge in [-0.15, -0.1) is 0 Å². The van der Waals surface area contributed by atoms with Crippen LogP contribution in [0, 0.1) is 0 Å². The standard InChI is InChI=1S/C20H21BrN4O3/c21-15-3-5-17(6-4-15)27-14-25-12-16(11-22-25)23-20(26)19-8-7-18(28-19)13-24-9-1-2-10-24/h3-8,11-12H,1-2,9-10,13-14H2,(H,23,26). The maximum Gasteiger partial charge on any atom is 0.291 e. The molecule has 4 rings (SSSR count). The second kappa shape index (κ2) is 8.62. The lowest BCUT2D eigenvalue weighted by Crippen LogP contribution is -2.17. The van der Waals surface area contributed by atoms with E-state index in [9.17, 15) is 4.79 Å². The van der Waals surface area contributed by atoms with Crippen LogP contribution in [0.2, 0.25) is 0 Å². The maximum absolute atomic E-state index is 12.4. The van der Waals surface area contributed by atoms with Crippen LogP contribution in [0.4, 0.5) is 5.69 Å². The summed E-state index contributed by atoms with van der Waals surface area (Å²) >= 11 is 3.39. The van der Waals surface area contributed by atoms with Crippen LogP contribution in [0.5, 0.6) is 5.75 Å². The molecule has 0 saturated carbocycles. The first-order chi connectivity index (χ1) is 13.7. The SMILES string of the molecule is O=C(Nc1cnn(COc2ccc(Br)cc2)c1)c1ccc(CN2CCCC2)o1. The molecule has 0 aliphatic carbocycles. The van der Waals surface area contributed by atoms with Crippen molar-refractivity contribution in [3.8, 4) is 5.75 Å². The number of ether oxygens (including phenoxy) is 1. The number of hydrogen-bond donors (Lipinski definition) is 1. The van der Waals surface area contributed by atoms with Gasteiger partial charge in [-0.1, -0.05) is 15.9 Å². The molecule has 2 aromatic heterocycles. The highest BCUT2D eigenvalue weighted by atomic mass is 79.9. The number of carbonyl (C=O) groups is 1. The molecule has 1 fully saturated rings. The van der Waals surface area contributed by atoms with Gasteiger partial charge in [-0.3, -0.25) is 9.69 Å². The van der Waals surface area contributed by atoms with Crippen LogP contribution in [0.25, 0.3) is 0 Å². The molecule has 28 heavy (non-hydrogen) atoms. The molecule has 0 radical (unpaired) electrons. The maximum atomic E-state index is 12.4. The number of nitrogens with zero attached hydrogens (tertiary/aromatic N) is 3. The van der Waals surface area contributed by atoms with E-state index in [0.717, 1.165) is 35.6 Å². The molecule has 1 amide bonds. The quantitative estimate of drug-likeness (QED) is 0.593. The van der Waals surface area contributed by atoms with Gasteiger partial charge in [0.2, 0.25) is 0 Å². The highest BCUT2D eigenvalue weighted by Gasteiger charge is 2.16. The second-order valence-corrected chi connectivity index (χ2v) is 7.61. The molecule has 1 aliphatic rings. The zero-order valence-corrected chi connectivity index (χ0v) is 16.9. The van der Waals surface area contributed by atoms with Crippen molar-refractivity contribution in [3.05, 3.63) is 64.8 Å². The summed E-state index contributed by atoms with van der Waals surface area (Å²) in [6.45, 7) is 3.17. The first-order valence-electron chi connectivity index (χ1n) is 9.19. The molecule has 7 nitrogen and oxygen atoms in total. The zero-order chi connectivity index (χ0) is 19.3. The van der Waals surface area contributed by atoms with Crippen molar-refractivity contribution in [1.82, 2.24) is 14.7 Å². The molecule has 3 heterocycles. The molecule has 8 heteroatoms. The lowest BCUT2D eigenvalue weighted by atomic mass is 10.3. The van der Waals surface area contributed by atoms with Crippen molar-refractivity contribution in [2.24, 2.45) is 0 Å². The fourth-order valence-corrected chi connectivity index (χ4v) is 3.37. The van der Waals surface area contributed by atoms with Crippen LogP contribution in [0.3, 0.4) is 0 Å². The first kappa shape index (κ1) is 18.8. The molecule has 0 bridgehead atoms. The predicted molar refractivity (Wildman–Crippen MR) is 108 cm³/mol. The highest BCUT2D eigenvalue weighted by Crippen LogP contribution is 2.18. The van der Waals surface area contributed by atoms with Gasteiger partial charge in [0.25, 0.3) is 5.91 Å². The topological polar surface area (TPSA) is 72.5 Å². The monoisotopic (exact) mass is 444 g/mol. The molecule has 0 spiro atoms. The van der Waals surface area contributed by atoms with Gasteiger partial charge in [0.1, 0.15) is 11.5 Å². The van der Waals surface area contributed by atoms with E-state index in [1.807, 2.05) is 30.3 Å². The molecule has 0 unspecified atom stereocenters. The second-order valence-electron chi connectivity index (χ2n) is 6.70. The Bertz CT molecular complexity index is 929. The van der Waals surface area contributed by atoms with Crippen LogP contribution in [0.1, 0.15) is 29.2 Å². The van der Waals surface area contributed by atoms with Gasteiger partial charge in [0.15, 0.2) is 12.5 Å². The van der Waals surface area contributed by atoms with Gasteiger partial charge in [-0.2, -0.15) is 5.10 Å². The van der Waals surface area contributed by atoms with Gasteiger partial charge in [-0.05, 0) is 62.3 Å². The van der Waals surface area contributed by atoms with Gasteiger partial charge in [-0.25, -0.2) is 4.68 Å². The molecular formula is C20H21BrN4O3. The van der Waals surface area contributed by atoms with Crippen molar-refractivity contribution < 1.29 is 13.9 Å². The van der Waals surface area contributed by atoms with Gasteiger partial charge >= 0.3 is 0 Å². The van der Waals surface area contributed by atoms with E-state index in [1.54, 1.807) is 23.1 Å². The Balaban J connectivity index is 1.30. The minimum atomic E-state index is -0.291. The number of likely N-dealkylation sites (tertiary alicyclic amines) is 1. The van der Waals surface area contributed by atoms with E-state index >= 15 is 0 Å². The Labute approximate surface area is 171 Å². The number of anilines is 1. The van der Waals surface area contributed by atoms with Crippen molar-refractivity contribution in [1.29, 1.82) is 0 Å². The number of carbonyl (C=O) groups excluding carboxylic acids is 1. The highest BCUT2D eigenvalue weighted by molar-refractivity contribution is 9.10. The molecule has 1 aliphatic heterocycles. The number of aromatic nitrogens is 2. The summed E-state index contributed by atoms with van der Waals surface area (Å²) in [5, 5.41) is 7.00. The summed E-state index contributed by atoms with van der Waals surface area (Å²) in [5.41, 5.74) is 0.585.